The third-order valence-electron chi connectivity index (χ3n) is 6.93. The van der Waals surface area contributed by atoms with Crippen LogP contribution in [0.3, 0.4) is 0 Å². The molecule has 0 saturated carbocycles. The van der Waals surface area contributed by atoms with Crippen LogP contribution in [0.15, 0.2) is 42.6 Å². The quantitative estimate of drug-likeness (QED) is 0.696. The molecule has 178 valence electrons. The smallest absolute Gasteiger partial charge is 0.407 e. The summed E-state index contributed by atoms with van der Waals surface area (Å²) in [5.41, 5.74) is 1.56. The van der Waals surface area contributed by atoms with Gasteiger partial charge in [0.15, 0.2) is 0 Å². The molecule has 0 aliphatic carbocycles. The molecule has 9 heteroatoms. The van der Waals surface area contributed by atoms with Crippen molar-refractivity contribution in [2.75, 3.05) is 37.6 Å². The van der Waals surface area contributed by atoms with E-state index in [1.165, 1.54) is 4.90 Å². The van der Waals surface area contributed by atoms with Crippen LogP contribution in [-0.4, -0.2) is 70.7 Å². The number of pyridine rings is 1. The number of piperidine rings is 1. The number of carbonyl (C=O) groups is 2. The summed E-state index contributed by atoms with van der Waals surface area (Å²) < 4.78 is 0. The van der Waals surface area contributed by atoms with Crippen LogP contribution in [0.25, 0.3) is 0 Å². The van der Waals surface area contributed by atoms with Gasteiger partial charge in [-0.05, 0) is 49.6 Å². The van der Waals surface area contributed by atoms with E-state index in [-0.39, 0.29) is 23.8 Å². The highest BCUT2D eigenvalue weighted by atomic mass is 35.5. The average molecular weight is 482 g/mol. The van der Waals surface area contributed by atoms with E-state index < -0.39 is 6.09 Å². The predicted octanol–water partition coefficient (Wildman–Crippen LogP) is 3.82. The number of benzene rings is 1. The topological polar surface area (TPSA) is 101 Å². The summed E-state index contributed by atoms with van der Waals surface area (Å²) in [7, 11) is 0. The van der Waals surface area contributed by atoms with Gasteiger partial charge in [0.05, 0.1) is 17.7 Å². The van der Waals surface area contributed by atoms with Crippen LogP contribution < -0.4 is 4.90 Å². The second kappa shape index (κ2) is 10.3. The first-order valence-corrected chi connectivity index (χ1v) is 11.9. The fraction of sp³-hybridized carbons (Fsp3) is 0.440. The molecule has 0 radical (unpaired) electrons. The number of carbonyl (C=O) groups excluding carboxylic acids is 1. The van der Waals surface area contributed by atoms with Gasteiger partial charge in [-0.3, -0.25) is 4.79 Å². The molecule has 2 aliphatic heterocycles. The number of rotatable bonds is 5. The average Bonchev–Trinajstić information content (AvgIpc) is 3.29. The molecule has 0 spiro atoms. The third kappa shape index (κ3) is 4.95. The molecule has 2 amide bonds. The molecule has 2 aliphatic rings. The van der Waals surface area contributed by atoms with Crippen molar-refractivity contribution in [3.8, 4) is 6.07 Å². The van der Waals surface area contributed by atoms with Crippen LogP contribution in [0.2, 0.25) is 5.02 Å². The SMILES string of the molecule is CCN(C(=O)O)[C@@H]1CN(C(=O)C2CCN(c3cc(C#N)ccn3)CC2)C[C@H]1c1ccc(Cl)cc1. The van der Waals surface area contributed by atoms with Crippen LogP contribution >= 0.6 is 11.6 Å². The number of nitrogens with zero attached hydrogens (tertiary/aromatic N) is 5. The van der Waals surface area contributed by atoms with Gasteiger partial charge in [0.2, 0.25) is 5.91 Å². The zero-order chi connectivity index (χ0) is 24.2. The lowest BCUT2D eigenvalue weighted by Crippen LogP contribution is -2.45. The Kier molecular flexibility index (Phi) is 7.23. The van der Waals surface area contributed by atoms with Crippen LogP contribution in [0.1, 0.15) is 36.8 Å². The number of aromatic nitrogens is 1. The fourth-order valence-corrected chi connectivity index (χ4v) is 5.23. The Labute approximate surface area is 204 Å². The lowest BCUT2D eigenvalue weighted by Gasteiger charge is -2.34. The molecule has 1 aromatic heterocycles. The van der Waals surface area contributed by atoms with E-state index in [1.807, 2.05) is 24.0 Å². The summed E-state index contributed by atoms with van der Waals surface area (Å²) in [5, 5.41) is 19.5. The van der Waals surface area contributed by atoms with Gasteiger partial charge in [-0.2, -0.15) is 5.26 Å². The first-order valence-electron chi connectivity index (χ1n) is 11.6. The monoisotopic (exact) mass is 481 g/mol. The maximum Gasteiger partial charge on any atom is 0.407 e. The van der Waals surface area contributed by atoms with E-state index in [9.17, 15) is 14.7 Å². The van der Waals surface area contributed by atoms with Gasteiger partial charge in [0, 0.05) is 55.8 Å². The Hall–Kier alpha value is -3.31. The Morgan fingerprint density at radius 2 is 1.91 bits per heavy atom. The van der Waals surface area contributed by atoms with Gasteiger partial charge in [-0.25, -0.2) is 9.78 Å². The van der Waals surface area contributed by atoms with E-state index in [2.05, 4.69) is 16.0 Å². The number of hydrogen-bond donors (Lipinski definition) is 1. The molecule has 2 saturated heterocycles. The Morgan fingerprint density at radius 3 is 2.53 bits per heavy atom. The van der Waals surface area contributed by atoms with Crippen molar-refractivity contribution in [2.24, 2.45) is 5.92 Å². The first kappa shape index (κ1) is 23.8. The van der Waals surface area contributed by atoms with Crippen LogP contribution in [0.4, 0.5) is 10.6 Å². The fourth-order valence-electron chi connectivity index (χ4n) is 5.11. The highest BCUT2D eigenvalue weighted by molar-refractivity contribution is 6.30. The summed E-state index contributed by atoms with van der Waals surface area (Å²) in [4.78, 5) is 35.1. The lowest BCUT2D eigenvalue weighted by molar-refractivity contribution is -0.135. The molecule has 0 bridgehead atoms. The molecule has 8 nitrogen and oxygen atoms in total. The maximum absolute atomic E-state index is 13.5. The molecule has 0 unspecified atom stereocenters. The van der Waals surface area contributed by atoms with Gasteiger partial charge >= 0.3 is 6.09 Å². The highest BCUT2D eigenvalue weighted by Crippen LogP contribution is 2.34. The van der Waals surface area contributed by atoms with Crippen molar-refractivity contribution >= 4 is 29.4 Å². The third-order valence-corrected chi connectivity index (χ3v) is 7.18. The van der Waals surface area contributed by atoms with Crippen molar-refractivity contribution in [2.45, 2.75) is 31.7 Å². The maximum atomic E-state index is 13.5. The molecule has 3 heterocycles. The molecule has 34 heavy (non-hydrogen) atoms. The largest absolute Gasteiger partial charge is 0.465 e. The van der Waals surface area contributed by atoms with Crippen molar-refractivity contribution in [3.63, 3.8) is 0 Å². The number of carboxylic acid groups (broad SMARTS) is 1. The molecule has 1 aromatic carbocycles. The minimum Gasteiger partial charge on any atom is -0.465 e. The number of halogens is 1. The van der Waals surface area contributed by atoms with E-state index >= 15 is 0 Å². The van der Waals surface area contributed by atoms with E-state index in [1.54, 1.807) is 30.5 Å². The molecular formula is C25H28ClN5O3. The highest BCUT2D eigenvalue weighted by Gasteiger charge is 2.42. The minimum absolute atomic E-state index is 0.0845. The molecule has 4 rings (SSSR count). The normalized spacial score (nSPS) is 20.7. The number of likely N-dealkylation sites (tertiary alicyclic amines) is 1. The van der Waals surface area contributed by atoms with Crippen molar-refractivity contribution in [1.82, 2.24) is 14.8 Å². The van der Waals surface area contributed by atoms with E-state index in [0.717, 1.165) is 11.4 Å². The predicted molar refractivity (Wildman–Crippen MR) is 129 cm³/mol. The van der Waals surface area contributed by atoms with Gasteiger partial charge < -0.3 is 19.8 Å². The first-order chi connectivity index (χ1) is 16.4. The zero-order valence-electron chi connectivity index (χ0n) is 19.1. The molecule has 2 fully saturated rings. The molecule has 2 atom stereocenters. The van der Waals surface area contributed by atoms with Crippen LogP contribution in [0, 0.1) is 17.2 Å². The number of hydrogen-bond acceptors (Lipinski definition) is 5. The van der Waals surface area contributed by atoms with Gasteiger partial charge in [0.25, 0.3) is 0 Å². The van der Waals surface area contributed by atoms with Gasteiger partial charge in [0.1, 0.15) is 5.82 Å². The summed E-state index contributed by atoms with van der Waals surface area (Å²) in [6.07, 6.45) is 2.05. The lowest BCUT2D eigenvalue weighted by atomic mass is 9.93. The summed E-state index contributed by atoms with van der Waals surface area (Å²) in [6, 6.07) is 12.7. The molecule has 1 N–H and O–H groups in total. The molecular weight excluding hydrogens is 454 g/mol. The Balaban J connectivity index is 1.46. The van der Waals surface area contributed by atoms with Crippen molar-refractivity contribution in [1.29, 1.82) is 5.26 Å². The number of likely N-dealkylation sites (N-methyl/N-ethyl adjacent to an activating group) is 1. The van der Waals surface area contributed by atoms with Crippen molar-refractivity contribution < 1.29 is 14.7 Å². The van der Waals surface area contributed by atoms with Crippen LogP contribution in [0.5, 0.6) is 0 Å². The van der Waals surface area contributed by atoms with E-state index in [0.29, 0.717) is 56.2 Å². The zero-order valence-corrected chi connectivity index (χ0v) is 19.9. The summed E-state index contributed by atoms with van der Waals surface area (Å²) in [5.74, 6) is 0.630. The number of nitriles is 1. The van der Waals surface area contributed by atoms with Crippen LogP contribution in [-0.2, 0) is 4.79 Å². The number of amides is 2. The van der Waals surface area contributed by atoms with Gasteiger partial charge in [-0.15, -0.1) is 0 Å². The second-order valence-electron chi connectivity index (χ2n) is 8.81. The minimum atomic E-state index is -0.971. The van der Waals surface area contributed by atoms with Gasteiger partial charge in [-0.1, -0.05) is 23.7 Å². The summed E-state index contributed by atoms with van der Waals surface area (Å²) in [6.45, 7) is 4.43. The Bertz CT molecular complexity index is 1080. The second-order valence-corrected chi connectivity index (χ2v) is 9.25. The Morgan fingerprint density at radius 1 is 1.21 bits per heavy atom. The number of anilines is 1. The van der Waals surface area contributed by atoms with Crippen molar-refractivity contribution in [3.05, 3.63) is 58.7 Å². The van der Waals surface area contributed by atoms with E-state index in [4.69, 9.17) is 16.9 Å². The summed E-state index contributed by atoms with van der Waals surface area (Å²) >= 11 is 6.06. The molecule has 2 aromatic rings. The standard InChI is InChI=1S/C25H28ClN5O3/c1-2-31(25(33)34)22-16-30(15-21(22)18-3-5-20(26)6-4-18)24(32)19-8-11-29(12-9-19)23-13-17(14-27)7-10-28-23/h3-7,10,13,19,21-22H,2,8-9,11-12,15-16H2,1H3,(H,33,34)/t21-,22+/m0/s1.